The van der Waals surface area contributed by atoms with Crippen molar-refractivity contribution >= 4 is 5.91 Å². The second-order valence-corrected chi connectivity index (χ2v) is 4.67. The molecule has 0 spiro atoms. The lowest BCUT2D eigenvalue weighted by molar-refractivity contribution is 0.0932. The lowest BCUT2D eigenvalue weighted by Gasteiger charge is -2.05. The zero-order chi connectivity index (χ0) is 12.8. The van der Waals surface area contributed by atoms with Gasteiger partial charge in [0.15, 0.2) is 0 Å². The molecule has 18 heavy (non-hydrogen) atoms. The van der Waals surface area contributed by atoms with E-state index in [1.54, 1.807) is 6.20 Å². The number of nitrogens with zero attached hydrogens (tertiary/aromatic N) is 2. The highest BCUT2D eigenvalue weighted by Gasteiger charge is 2.20. The Balaban J connectivity index is 1.57. The third-order valence-electron chi connectivity index (χ3n) is 2.82. The molecule has 0 saturated heterocycles. The van der Waals surface area contributed by atoms with E-state index < -0.39 is 0 Å². The third kappa shape index (κ3) is 4.41. The van der Waals surface area contributed by atoms with Gasteiger partial charge in [-0.05, 0) is 32.1 Å². The van der Waals surface area contributed by atoms with Gasteiger partial charge in [0, 0.05) is 26.0 Å². The van der Waals surface area contributed by atoms with Gasteiger partial charge in [-0.1, -0.05) is 0 Å². The maximum absolute atomic E-state index is 11.7. The Morgan fingerprint density at radius 1 is 1.44 bits per heavy atom. The second kappa shape index (κ2) is 6.44. The molecule has 1 aliphatic rings. The quantitative estimate of drug-likeness (QED) is 0.740. The Hall–Kier alpha value is -1.49. The number of carbonyl (C=O) groups excluding carboxylic acids is 1. The molecule has 1 aromatic heterocycles. The molecule has 0 bridgehead atoms. The van der Waals surface area contributed by atoms with Crippen LogP contribution in [0.15, 0.2) is 12.4 Å². The summed E-state index contributed by atoms with van der Waals surface area (Å²) in [4.78, 5) is 19.7. The van der Waals surface area contributed by atoms with Crippen LogP contribution in [0.3, 0.4) is 0 Å². The van der Waals surface area contributed by atoms with Crippen molar-refractivity contribution in [3.63, 3.8) is 0 Å². The number of nitrogens with one attached hydrogen (secondary N) is 1. The van der Waals surface area contributed by atoms with E-state index in [-0.39, 0.29) is 5.91 Å². The van der Waals surface area contributed by atoms with Crippen molar-refractivity contribution < 1.29 is 9.53 Å². The molecule has 1 N–H and O–H groups in total. The lowest BCUT2D eigenvalue weighted by atomic mass is 10.3. The Bertz CT molecular complexity index is 388. The average Bonchev–Trinajstić information content (AvgIpc) is 3.18. The number of carbonyl (C=O) groups is 1. The van der Waals surface area contributed by atoms with E-state index in [2.05, 4.69) is 15.3 Å². The Kier molecular flexibility index (Phi) is 4.64. The summed E-state index contributed by atoms with van der Waals surface area (Å²) in [5.41, 5.74) is 1.17. The van der Waals surface area contributed by atoms with Gasteiger partial charge in [-0.15, -0.1) is 0 Å². The molecule has 1 aromatic rings. The molecular weight excluding hydrogens is 230 g/mol. The van der Waals surface area contributed by atoms with Crippen LogP contribution in [-0.4, -0.2) is 35.6 Å². The van der Waals surface area contributed by atoms with Crippen LogP contribution in [0.25, 0.3) is 0 Å². The van der Waals surface area contributed by atoms with Crippen LogP contribution in [-0.2, 0) is 4.74 Å². The minimum absolute atomic E-state index is 0.176. The monoisotopic (exact) mass is 249 g/mol. The van der Waals surface area contributed by atoms with Gasteiger partial charge in [-0.2, -0.15) is 0 Å². The molecule has 1 amide bonds. The number of ether oxygens (including phenoxy) is 1. The molecule has 0 aliphatic heterocycles. The van der Waals surface area contributed by atoms with E-state index in [4.69, 9.17) is 4.74 Å². The zero-order valence-corrected chi connectivity index (χ0v) is 10.7. The molecular formula is C13H19N3O2. The first-order valence-electron chi connectivity index (χ1n) is 6.40. The normalized spacial score (nSPS) is 14.5. The van der Waals surface area contributed by atoms with Crippen molar-refractivity contribution in [1.82, 2.24) is 15.3 Å². The van der Waals surface area contributed by atoms with Gasteiger partial charge in [-0.25, -0.2) is 4.98 Å². The SMILES string of the molecule is Cc1cnc(C(=O)NCCCOCC2CC2)cn1. The topological polar surface area (TPSA) is 64.1 Å². The predicted octanol–water partition coefficient (Wildman–Crippen LogP) is 1.33. The third-order valence-corrected chi connectivity index (χ3v) is 2.82. The minimum Gasteiger partial charge on any atom is -0.381 e. The predicted molar refractivity (Wildman–Crippen MR) is 67.3 cm³/mol. The van der Waals surface area contributed by atoms with Gasteiger partial charge >= 0.3 is 0 Å². The van der Waals surface area contributed by atoms with Crippen LogP contribution in [0, 0.1) is 12.8 Å². The lowest BCUT2D eigenvalue weighted by Crippen LogP contribution is -2.26. The fraction of sp³-hybridized carbons (Fsp3) is 0.615. The molecule has 5 nitrogen and oxygen atoms in total. The summed E-state index contributed by atoms with van der Waals surface area (Å²) < 4.78 is 5.48. The van der Waals surface area contributed by atoms with Crippen LogP contribution in [0.4, 0.5) is 0 Å². The number of hydrogen-bond donors (Lipinski definition) is 1. The van der Waals surface area contributed by atoms with E-state index >= 15 is 0 Å². The zero-order valence-electron chi connectivity index (χ0n) is 10.7. The maximum Gasteiger partial charge on any atom is 0.271 e. The summed E-state index contributed by atoms with van der Waals surface area (Å²) in [5.74, 6) is 0.618. The van der Waals surface area contributed by atoms with Gasteiger partial charge in [0.2, 0.25) is 0 Å². The van der Waals surface area contributed by atoms with E-state index in [0.717, 1.165) is 24.6 Å². The smallest absolute Gasteiger partial charge is 0.271 e. The van der Waals surface area contributed by atoms with Crippen LogP contribution in [0.5, 0.6) is 0 Å². The maximum atomic E-state index is 11.7. The van der Waals surface area contributed by atoms with E-state index in [9.17, 15) is 4.79 Å². The molecule has 0 aromatic carbocycles. The number of aromatic nitrogens is 2. The van der Waals surface area contributed by atoms with Crippen molar-refractivity contribution in [2.75, 3.05) is 19.8 Å². The molecule has 1 fully saturated rings. The van der Waals surface area contributed by atoms with E-state index in [1.807, 2.05) is 6.92 Å². The van der Waals surface area contributed by atoms with E-state index in [1.165, 1.54) is 19.0 Å². The Morgan fingerprint density at radius 3 is 2.94 bits per heavy atom. The second-order valence-electron chi connectivity index (χ2n) is 4.67. The molecule has 98 valence electrons. The highest BCUT2D eigenvalue weighted by molar-refractivity contribution is 5.91. The summed E-state index contributed by atoms with van der Waals surface area (Å²) in [6.45, 7) is 4.03. The van der Waals surface area contributed by atoms with Gasteiger partial charge in [-0.3, -0.25) is 9.78 Å². The first-order valence-corrected chi connectivity index (χ1v) is 6.40. The molecule has 0 atom stereocenters. The molecule has 0 radical (unpaired) electrons. The Morgan fingerprint density at radius 2 is 2.28 bits per heavy atom. The standard InChI is InChI=1S/C13H19N3O2/c1-10-7-16-12(8-15-10)13(17)14-5-2-6-18-9-11-3-4-11/h7-8,11H,2-6,9H2,1H3,(H,14,17). The molecule has 1 aliphatic carbocycles. The average molecular weight is 249 g/mol. The minimum atomic E-state index is -0.176. The molecule has 5 heteroatoms. The number of rotatable bonds is 7. The van der Waals surface area contributed by atoms with Crippen LogP contribution >= 0.6 is 0 Å². The van der Waals surface area contributed by atoms with Crippen molar-refractivity contribution in [3.8, 4) is 0 Å². The van der Waals surface area contributed by atoms with Crippen molar-refractivity contribution in [3.05, 3.63) is 23.8 Å². The molecule has 0 unspecified atom stereocenters. The van der Waals surface area contributed by atoms with Crippen molar-refractivity contribution in [2.24, 2.45) is 5.92 Å². The van der Waals surface area contributed by atoms with Gasteiger partial charge in [0.25, 0.3) is 5.91 Å². The Labute approximate surface area is 107 Å². The summed E-state index contributed by atoms with van der Waals surface area (Å²) in [6.07, 6.45) is 6.53. The van der Waals surface area contributed by atoms with Gasteiger partial charge < -0.3 is 10.1 Å². The van der Waals surface area contributed by atoms with E-state index in [0.29, 0.717) is 18.8 Å². The van der Waals surface area contributed by atoms with Crippen LogP contribution in [0.2, 0.25) is 0 Å². The highest BCUT2D eigenvalue weighted by Crippen LogP contribution is 2.28. The van der Waals surface area contributed by atoms with Crippen molar-refractivity contribution in [1.29, 1.82) is 0 Å². The first-order chi connectivity index (χ1) is 8.75. The molecule has 2 rings (SSSR count). The van der Waals surface area contributed by atoms with Crippen molar-refractivity contribution in [2.45, 2.75) is 26.2 Å². The molecule has 1 heterocycles. The highest BCUT2D eigenvalue weighted by atomic mass is 16.5. The summed E-state index contributed by atoms with van der Waals surface area (Å²) in [5, 5.41) is 2.80. The summed E-state index contributed by atoms with van der Waals surface area (Å²) in [6, 6.07) is 0. The van der Waals surface area contributed by atoms with Gasteiger partial charge in [0.1, 0.15) is 5.69 Å². The van der Waals surface area contributed by atoms with Gasteiger partial charge in [0.05, 0.1) is 11.9 Å². The van der Waals surface area contributed by atoms with Crippen LogP contribution < -0.4 is 5.32 Å². The fourth-order valence-corrected chi connectivity index (χ4v) is 1.51. The largest absolute Gasteiger partial charge is 0.381 e. The summed E-state index contributed by atoms with van der Waals surface area (Å²) in [7, 11) is 0. The number of amides is 1. The number of hydrogen-bond acceptors (Lipinski definition) is 4. The fourth-order valence-electron chi connectivity index (χ4n) is 1.51. The first kappa shape index (κ1) is 13.0. The number of aryl methyl sites for hydroxylation is 1. The van der Waals surface area contributed by atoms with Crippen LogP contribution in [0.1, 0.15) is 35.4 Å². The summed E-state index contributed by atoms with van der Waals surface area (Å²) >= 11 is 0. The molecule has 1 saturated carbocycles.